The lowest BCUT2D eigenvalue weighted by atomic mass is 10.00. The number of hydrogen-bond donors (Lipinski definition) is 1. The van der Waals surface area contributed by atoms with E-state index in [1.165, 1.54) is 4.57 Å². The molecule has 172 valence electrons. The lowest BCUT2D eigenvalue weighted by Crippen LogP contribution is -2.39. The quantitative estimate of drug-likeness (QED) is 0.645. The summed E-state index contributed by atoms with van der Waals surface area (Å²) >= 11 is 0. The number of fused-ring (bicyclic) bond motifs is 2. The highest BCUT2D eigenvalue weighted by atomic mass is 16.5. The molecule has 8 nitrogen and oxygen atoms in total. The Bertz CT molecular complexity index is 1270. The molecule has 3 aromatic rings. The van der Waals surface area contributed by atoms with Crippen LogP contribution in [0.3, 0.4) is 0 Å². The van der Waals surface area contributed by atoms with E-state index < -0.39 is 5.76 Å². The van der Waals surface area contributed by atoms with Crippen LogP contribution in [-0.4, -0.2) is 41.5 Å². The molecule has 0 bridgehead atoms. The lowest BCUT2D eigenvalue weighted by molar-refractivity contribution is -0.132. The number of benzene rings is 2. The Morgan fingerprint density at radius 2 is 1.94 bits per heavy atom. The van der Waals surface area contributed by atoms with E-state index in [0.29, 0.717) is 16.8 Å². The second kappa shape index (κ2) is 8.77. The topological polar surface area (TPSA) is 93.8 Å². The molecule has 8 heteroatoms. The Balaban J connectivity index is 1.35. The minimum atomic E-state index is -0.572. The van der Waals surface area contributed by atoms with Gasteiger partial charge in [-0.2, -0.15) is 0 Å². The van der Waals surface area contributed by atoms with Gasteiger partial charge in [-0.3, -0.25) is 14.2 Å². The zero-order valence-electron chi connectivity index (χ0n) is 18.6. The van der Waals surface area contributed by atoms with Gasteiger partial charge in [0.05, 0.1) is 18.5 Å². The third-order valence-electron chi connectivity index (χ3n) is 6.68. The van der Waals surface area contributed by atoms with E-state index in [9.17, 15) is 14.4 Å². The number of carbonyl (C=O) groups is 2. The van der Waals surface area contributed by atoms with Gasteiger partial charge in [0.1, 0.15) is 12.3 Å². The van der Waals surface area contributed by atoms with Gasteiger partial charge in [-0.25, -0.2) is 4.79 Å². The van der Waals surface area contributed by atoms with Crippen molar-refractivity contribution in [2.24, 2.45) is 0 Å². The predicted molar refractivity (Wildman–Crippen MR) is 124 cm³/mol. The Kier molecular flexibility index (Phi) is 5.66. The molecule has 2 amide bonds. The van der Waals surface area contributed by atoms with Crippen LogP contribution < -0.4 is 15.8 Å². The van der Waals surface area contributed by atoms with Crippen LogP contribution >= 0.6 is 0 Å². The molecule has 0 spiro atoms. The average Bonchev–Trinajstić information content (AvgIpc) is 3.40. The fourth-order valence-electron chi connectivity index (χ4n) is 4.89. The summed E-state index contributed by atoms with van der Waals surface area (Å²) in [6, 6.07) is 10.9. The summed E-state index contributed by atoms with van der Waals surface area (Å²) in [7, 11) is 1.63. The van der Waals surface area contributed by atoms with E-state index >= 15 is 0 Å². The molecule has 0 saturated carbocycles. The van der Waals surface area contributed by atoms with Crippen LogP contribution in [0.4, 0.5) is 5.69 Å². The number of rotatable bonds is 5. The normalized spacial score (nSPS) is 17.7. The summed E-state index contributed by atoms with van der Waals surface area (Å²) in [5.41, 5.74) is 3.60. The molecule has 1 saturated heterocycles. The van der Waals surface area contributed by atoms with Gasteiger partial charge in [0.15, 0.2) is 5.58 Å². The summed E-state index contributed by atoms with van der Waals surface area (Å²) < 4.78 is 12.0. The summed E-state index contributed by atoms with van der Waals surface area (Å²) in [6.45, 7) is 1.37. The number of aryl methyl sites for hydroxylation is 1. The number of likely N-dealkylation sites (tertiary alicyclic amines) is 1. The number of amides is 2. The highest BCUT2D eigenvalue weighted by molar-refractivity contribution is 5.98. The molecule has 1 fully saturated rings. The monoisotopic (exact) mass is 449 g/mol. The molecule has 1 aliphatic heterocycles. The number of nitrogens with one attached hydrogen (secondary N) is 1. The SMILES string of the molecule is COc1ccc2c(c1)CCC2C(=O)Nc1ccc2oc(=O)n(CC(=O)N3CCCCC3)c2c1. The summed E-state index contributed by atoms with van der Waals surface area (Å²) in [4.78, 5) is 40.0. The molecule has 1 atom stereocenters. The zero-order valence-corrected chi connectivity index (χ0v) is 18.6. The third-order valence-corrected chi connectivity index (χ3v) is 6.68. The van der Waals surface area contributed by atoms with E-state index in [-0.39, 0.29) is 24.3 Å². The molecular formula is C25H27N3O5. The minimum Gasteiger partial charge on any atom is -0.497 e. The molecule has 2 heterocycles. The third kappa shape index (κ3) is 4.13. The fourth-order valence-corrected chi connectivity index (χ4v) is 4.89. The zero-order chi connectivity index (χ0) is 22.9. The van der Waals surface area contributed by atoms with E-state index in [1.807, 2.05) is 18.2 Å². The van der Waals surface area contributed by atoms with Crippen molar-refractivity contribution in [3.05, 3.63) is 58.1 Å². The molecule has 33 heavy (non-hydrogen) atoms. The standard InChI is InChI=1S/C25H27N3O5/c1-32-18-7-9-19-16(13-18)5-8-20(19)24(30)26-17-6-10-22-21(14-17)28(25(31)33-22)15-23(29)27-11-3-2-4-12-27/h6-7,9-10,13-14,20H,2-5,8,11-12,15H2,1H3,(H,26,30). The second-order valence-electron chi connectivity index (χ2n) is 8.72. The van der Waals surface area contributed by atoms with Crippen LogP contribution in [0.5, 0.6) is 5.75 Å². The van der Waals surface area contributed by atoms with Gasteiger partial charge in [-0.05, 0) is 73.6 Å². The van der Waals surface area contributed by atoms with Crippen LogP contribution in [0.15, 0.2) is 45.6 Å². The van der Waals surface area contributed by atoms with Crippen LogP contribution in [-0.2, 0) is 22.6 Å². The molecule has 1 aliphatic carbocycles. The molecular weight excluding hydrogens is 422 g/mol. The van der Waals surface area contributed by atoms with Crippen molar-refractivity contribution in [1.82, 2.24) is 9.47 Å². The Morgan fingerprint density at radius 3 is 2.73 bits per heavy atom. The second-order valence-corrected chi connectivity index (χ2v) is 8.72. The maximum atomic E-state index is 13.0. The van der Waals surface area contributed by atoms with Gasteiger partial charge in [0.2, 0.25) is 11.8 Å². The Morgan fingerprint density at radius 1 is 1.12 bits per heavy atom. The van der Waals surface area contributed by atoms with Crippen molar-refractivity contribution < 1.29 is 18.7 Å². The molecule has 5 rings (SSSR count). The van der Waals surface area contributed by atoms with Gasteiger partial charge in [0, 0.05) is 18.8 Å². The number of hydrogen-bond acceptors (Lipinski definition) is 5. The number of anilines is 1. The maximum absolute atomic E-state index is 13.0. The molecule has 1 aromatic heterocycles. The first kappa shape index (κ1) is 21.3. The fraction of sp³-hybridized carbons (Fsp3) is 0.400. The van der Waals surface area contributed by atoms with Crippen LogP contribution in [0.2, 0.25) is 0 Å². The minimum absolute atomic E-state index is 0.0684. The van der Waals surface area contributed by atoms with Crippen molar-refractivity contribution in [3.63, 3.8) is 0 Å². The Labute approximate surface area is 191 Å². The first-order valence-electron chi connectivity index (χ1n) is 11.4. The van der Waals surface area contributed by atoms with Crippen molar-refractivity contribution in [3.8, 4) is 5.75 Å². The lowest BCUT2D eigenvalue weighted by Gasteiger charge is -2.26. The van der Waals surface area contributed by atoms with Crippen molar-refractivity contribution in [2.45, 2.75) is 44.6 Å². The van der Waals surface area contributed by atoms with Gasteiger partial charge >= 0.3 is 5.76 Å². The van der Waals surface area contributed by atoms with Crippen molar-refractivity contribution in [1.29, 1.82) is 0 Å². The molecule has 2 aromatic carbocycles. The summed E-state index contributed by atoms with van der Waals surface area (Å²) in [5.74, 6) is -0.212. The highest BCUT2D eigenvalue weighted by Gasteiger charge is 2.29. The average molecular weight is 450 g/mol. The predicted octanol–water partition coefficient (Wildman–Crippen LogP) is 3.28. The maximum Gasteiger partial charge on any atom is 0.420 e. The van der Waals surface area contributed by atoms with E-state index in [1.54, 1.807) is 30.2 Å². The van der Waals surface area contributed by atoms with Gasteiger partial charge in [0.25, 0.3) is 0 Å². The number of ether oxygens (including phenoxy) is 1. The van der Waals surface area contributed by atoms with Gasteiger partial charge in [-0.1, -0.05) is 6.07 Å². The number of oxazole rings is 1. The van der Waals surface area contributed by atoms with E-state index in [0.717, 1.165) is 62.1 Å². The molecule has 0 radical (unpaired) electrons. The smallest absolute Gasteiger partial charge is 0.420 e. The van der Waals surface area contributed by atoms with Crippen molar-refractivity contribution >= 4 is 28.6 Å². The summed E-state index contributed by atoms with van der Waals surface area (Å²) in [5, 5.41) is 2.98. The molecule has 1 N–H and O–H groups in total. The van der Waals surface area contributed by atoms with E-state index in [4.69, 9.17) is 9.15 Å². The molecule has 2 aliphatic rings. The number of piperidine rings is 1. The van der Waals surface area contributed by atoms with Gasteiger partial charge < -0.3 is 19.4 Å². The first-order valence-corrected chi connectivity index (χ1v) is 11.4. The van der Waals surface area contributed by atoms with Crippen LogP contribution in [0, 0.1) is 0 Å². The van der Waals surface area contributed by atoms with Crippen LogP contribution in [0.1, 0.15) is 42.7 Å². The highest BCUT2D eigenvalue weighted by Crippen LogP contribution is 2.36. The first-order chi connectivity index (χ1) is 16.0. The Hall–Kier alpha value is -3.55. The number of methoxy groups -OCH3 is 1. The summed E-state index contributed by atoms with van der Waals surface area (Å²) in [6.07, 6.45) is 4.65. The van der Waals surface area contributed by atoms with Gasteiger partial charge in [-0.15, -0.1) is 0 Å². The molecule has 1 unspecified atom stereocenters. The van der Waals surface area contributed by atoms with Crippen LogP contribution in [0.25, 0.3) is 11.1 Å². The number of aromatic nitrogens is 1. The van der Waals surface area contributed by atoms with Crippen molar-refractivity contribution in [2.75, 3.05) is 25.5 Å². The number of carbonyl (C=O) groups excluding carboxylic acids is 2. The largest absolute Gasteiger partial charge is 0.497 e. The van der Waals surface area contributed by atoms with E-state index in [2.05, 4.69) is 5.32 Å². The number of nitrogens with zero attached hydrogens (tertiary/aromatic N) is 2.